The van der Waals surface area contributed by atoms with Crippen LogP contribution in [0.2, 0.25) is 0 Å². The standard InChI is InChI=1S/C9H12N4/c10-4-1-3-8-7-12-9-11-5-2-6-13(8)9/h2,5-7H,1,3-4,10H2. The molecule has 0 atom stereocenters. The van der Waals surface area contributed by atoms with Gasteiger partial charge in [0.15, 0.2) is 0 Å². The molecule has 0 radical (unpaired) electrons. The Kier molecular flexibility index (Phi) is 2.23. The lowest BCUT2D eigenvalue weighted by Gasteiger charge is -1.98. The summed E-state index contributed by atoms with van der Waals surface area (Å²) in [6, 6.07) is 1.90. The summed E-state index contributed by atoms with van der Waals surface area (Å²) in [7, 11) is 0. The maximum Gasteiger partial charge on any atom is 0.233 e. The second-order valence-corrected chi connectivity index (χ2v) is 2.93. The summed E-state index contributed by atoms with van der Waals surface area (Å²) in [5.74, 6) is 0.759. The molecule has 0 aliphatic rings. The zero-order valence-corrected chi connectivity index (χ0v) is 7.35. The minimum absolute atomic E-state index is 0.716. The van der Waals surface area contributed by atoms with Gasteiger partial charge < -0.3 is 5.73 Å². The molecule has 0 fully saturated rings. The van der Waals surface area contributed by atoms with Crippen LogP contribution in [0.5, 0.6) is 0 Å². The van der Waals surface area contributed by atoms with Crippen molar-refractivity contribution in [3.05, 3.63) is 30.4 Å². The fourth-order valence-electron chi connectivity index (χ4n) is 1.35. The molecule has 0 aromatic carbocycles. The van der Waals surface area contributed by atoms with Crippen molar-refractivity contribution < 1.29 is 0 Å². The average molecular weight is 176 g/mol. The Labute approximate surface area is 76.4 Å². The molecular formula is C9H12N4. The van der Waals surface area contributed by atoms with Crippen LogP contribution in [-0.2, 0) is 6.42 Å². The van der Waals surface area contributed by atoms with Gasteiger partial charge >= 0.3 is 0 Å². The second-order valence-electron chi connectivity index (χ2n) is 2.93. The number of imidazole rings is 1. The van der Waals surface area contributed by atoms with Crippen LogP contribution in [-0.4, -0.2) is 20.9 Å². The van der Waals surface area contributed by atoms with Gasteiger partial charge in [0.2, 0.25) is 5.78 Å². The van der Waals surface area contributed by atoms with Gasteiger partial charge in [0.05, 0.1) is 6.20 Å². The zero-order chi connectivity index (χ0) is 9.10. The number of hydrogen-bond acceptors (Lipinski definition) is 3. The van der Waals surface area contributed by atoms with Crippen LogP contribution in [0.1, 0.15) is 12.1 Å². The third kappa shape index (κ3) is 1.53. The molecule has 0 spiro atoms. The maximum atomic E-state index is 5.44. The lowest BCUT2D eigenvalue weighted by Crippen LogP contribution is -2.02. The predicted molar refractivity (Wildman–Crippen MR) is 50.4 cm³/mol. The van der Waals surface area contributed by atoms with Gasteiger partial charge in [0, 0.05) is 18.1 Å². The number of nitrogens with zero attached hydrogens (tertiary/aromatic N) is 3. The van der Waals surface area contributed by atoms with E-state index >= 15 is 0 Å². The summed E-state index contributed by atoms with van der Waals surface area (Å²) in [5, 5.41) is 0. The van der Waals surface area contributed by atoms with Crippen LogP contribution in [0.15, 0.2) is 24.7 Å². The number of fused-ring (bicyclic) bond motifs is 1. The van der Waals surface area contributed by atoms with Gasteiger partial charge in [-0.25, -0.2) is 9.97 Å². The van der Waals surface area contributed by atoms with Crippen LogP contribution in [0.3, 0.4) is 0 Å². The van der Waals surface area contributed by atoms with Gasteiger partial charge in [0.25, 0.3) is 0 Å². The minimum atomic E-state index is 0.716. The quantitative estimate of drug-likeness (QED) is 0.745. The van der Waals surface area contributed by atoms with E-state index in [1.54, 1.807) is 6.20 Å². The lowest BCUT2D eigenvalue weighted by atomic mass is 10.2. The summed E-state index contributed by atoms with van der Waals surface area (Å²) >= 11 is 0. The number of aromatic nitrogens is 3. The van der Waals surface area contributed by atoms with Crippen LogP contribution >= 0.6 is 0 Å². The molecule has 0 saturated carbocycles. The molecule has 68 valence electrons. The van der Waals surface area contributed by atoms with Crippen LogP contribution < -0.4 is 5.73 Å². The minimum Gasteiger partial charge on any atom is -0.330 e. The molecule has 0 bridgehead atoms. The first-order valence-electron chi connectivity index (χ1n) is 4.39. The van der Waals surface area contributed by atoms with Crippen molar-refractivity contribution in [2.24, 2.45) is 5.73 Å². The highest BCUT2D eigenvalue weighted by Gasteiger charge is 2.01. The van der Waals surface area contributed by atoms with Crippen molar-refractivity contribution in [3.63, 3.8) is 0 Å². The third-order valence-electron chi connectivity index (χ3n) is 2.00. The van der Waals surface area contributed by atoms with E-state index in [2.05, 4.69) is 9.97 Å². The Bertz CT molecular complexity index is 393. The van der Waals surface area contributed by atoms with E-state index in [9.17, 15) is 0 Å². The van der Waals surface area contributed by atoms with Crippen molar-refractivity contribution in [1.29, 1.82) is 0 Å². The molecule has 0 unspecified atom stereocenters. The Hall–Kier alpha value is -1.42. The maximum absolute atomic E-state index is 5.44. The highest BCUT2D eigenvalue weighted by Crippen LogP contribution is 2.05. The van der Waals surface area contributed by atoms with Gasteiger partial charge in [-0.05, 0) is 25.5 Å². The Morgan fingerprint density at radius 3 is 3.15 bits per heavy atom. The highest BCUT2D eigenvalue weighted by molar-refractivity contribution is 5.30. The van der Waals surface area contributed by atoms with Gasteiger partial charge in [-0.1, -0.05) is 0 Å². The van der Waals surface area contributed by atoms with E-state index in [1.165, 1.54) is 5.69 Å². The largest absolute Gasteiger partial charge is 0.330 e. The first-order chi connectivity index (χ1) is 6.42. The highest BCUT2D eigenvalue weighted by atomic mass is 15.1. The number of rotatable bonds is 3. The molecule has 0 aliphatic carbocycles. The van der Waals surface area contributed by atoms with E-state index in [4.69, 9.17) is 5.73 Å². The van der Waals surface area contributed by atoms with E-state index in [0.29, 0.717) is 6.54 Å². The van der Waals surface area contributed by atoms with Gasteiger partial charge in [-0.3, -0.25) is 4.40 Å². The smallest absolute Gasteiger partial charge is 0.233 e. The predicted octanol–water partition coefficient (Wildman–Crippen LogP) is 0.621. The molecule has 13 heavy (non-hydrogen) atoms. The third-order valence-corrected chi connectivity index (χ3v) is 2.00. The number of nitrogens with two attached hydrogens (primary N) is 1. The Balaban J connectivity index is 2.35. The normalized spacial score (nSPS) is 10.8. The Morgan fingerprint density at radius 1 is 1.38 bits per heavy atom. The van der Waals surface area contributed by atoms with E-state index in [-0.39, 0.29) is 0 Å². The molecular weight excluding hydrogens is 164 g/mol. The molecule has 2 rings (SSSR count). The molecule has 2 aromatic heterocycles. The molecule has 0 amide bonds. The van der Waals surface area contributed by atoms with E-state index in [0.717, 1.165) is 18.6 Å². The summed E-state index contributed by atoms with van der Waals surface area (Å²) in [5.41, 5.74) is 6.62. The SMILES string of the molecule is NCCCc1cnc2ncccn12. The Morgan fingerprint density at radius 2 is 2.31 bits per heavy atom. The summed E-state index contributed by atoms with van der Waals surface area (Å²) < 4.78 is 2.00. The van der Waals surface area contributed by atoms with Crippen molar-refractivity contribution in [1.82, 2.24) is 14.4 Å². The fourth-order valence-corrected chi connectivity index (χ4v) is 1.35. The van der Waals surface area contributed by atoms with Crippen molar-refractivity contribution in [2.75, 3.05) is 6.54 Å². The lowest BCUT2D eigenvalue weighted by molar-refractivity contribution is 0.800. The first-order valence-corrected chi connectivity index (χ1v) is 4.39. The van der Waals surface area contributed by atoms with Gasteiger partial charge in [-0.2, -0.15) is 0 Å². The van der Waals surface area contributed by atoms with Crippen molar-refractivity contribution in [2.45, 2.75) is 12.8 Å². The molecule has 4 nitrogen and oxygen atoms in total. The summed E-state index contributed by atoms with van der Waals surface area (Å²) in [6.45, 7) is 0.716. The van der Waals surface area contributed by atoms with Gasteiger partial charge in [0.1, 0.15) is 0 Å². The molecule has 2 aromatic rings. The molecule has 2 N–H and O–H groups in total. The molecule has 0 saturated heterocycles. The van der Waals surface area contributed by atoms with Crippen molar-refractivity contribution >= 4 is 5.78 Å². The van der Waals surface area contributed by atoms with Crippen LogP contribution in [0.25, 0.3) is 5.78 Å². The van der Waals surface area contributed by atoms with Crippen LogP contribution in [0, 0.1) is 0 Å². The molecule has 2 heterocycles. The number of aryl methyl sites for hydroxylation is 1. The first kappa shape index (κ1) is 8.19. The molecule has 4 heteroatoms. The average Bonchev–Trinajstić information content (AvgIpc) is 2.58. The fraction of sp³-hybridized carbons (Fsp3) is 0.333. The molecule has 0 aliphatic heterocycles. The second kappa shape index (κ2) is 3.53. The van der Waals surface area contributed by atoms with E-state index < -0.39 is 0 Å². The number of hydrogen-bond donors (Lipinski definition) is 1. The van der Waals surface area contributed by atoms with Gasteiger partial charge in [-0.15, -0.1) is 0 Å². The zero-order valence-electron chi connectivity index (χ0n) is 7.35. The van der Waals surface area contributed by atoms with Crippen molar-refractivity contribution in [3.8, 4) is 0 Å². The monoisotopic (exact) mass is 176 g/mol. The van der Waals surface area contributed by atoms with E-state index in [1.807, 2.05) is 22.9 Å². The van der Waals surface area contributed by atoms with Crippen LogP contribution in [0.4, 0.5) is 0 Å². The summed E-state index contributed by atoms with van der Waals surface area (Å²) in [6.07, 6.45) is 7.53. The summed E-state index contributed by atoms with van der Waals surface area (Å²) in [4.78, 5) is 8.31. The topological polar surface area (TPSA) is 56.2 Å².